The molecule has 0 radical (unpaired) electrons. The molecule has 0 fully saturated rings. The average molecular weight is 535 g/mol. The monoisotopic (exact) mass is 534 g/mol. The van der Waals surface area contributed by atoms with Crippen molar-refractivity contribution in [1.29, 1.82) is 0 Å². The Morgan fingerprint density at radius 1 is 0.622 bits per heavy atom. The summed E-state index contributed by atoms with van der Waals surface area (Å²) in [5.41, 5.74) is 5.38. The summed E-state index contributed by atoms with van der Waals surface area (Å²) in [7, 11) is 0. The summed E-state index contributed by atoms with van der Waals surface area (Å²) in [6, 6.07) is -7.99. The quantitative estimate of drug-likeness (QED) is 0.0888. The van der Waals surface area contributed by atoms with E-state index < -0.39 is 97.4 Å². The number of nitrogens with two attached hydrogens (primary N) is 1. The van der Waals surface area contributed by atoms with Crippen molar-refractivity contribution in [2.75, 3.05) is 13.2 Å². The van der Waals surface area contributed by atoms with Crippen LogP contribution in [-0.2, 0) is 33.6 Å². The van der Waals surface area contributed by atoms with E-state index in [0.717, 1.165) is 0 Å². The SMILES string of the molecule is C[C@H](NC(=O)[C@H](C)NC(=O)[C@H](CCC(=O)O)NC(=O)[C@@H](N)CO)C(=O)N[C@@H](C)C(=O)N[C@@H](CO)C(=O)O. The van der Waals surface area contributed by atoms with Gasteiger partial charge in [0.15, 0.2) is 0 Å². The first kappa shape index (κ1) is 33.2. The molecule has 0 rings (SSSR count). The molecule has 0 bridgehead atoms. The molecule has 0 aliphatic rings. The molecule has 0 aromatic rings. The molecule has 17 nitrogen and oxygen atoms in total. The number of hydrogen-bond acceptors (Lipinski definition) is 10. The van der Waals surface area contributed by atoms with Crippen molar-refractivity contribution in [1.82, 2.24) is 26.6 Å². The van der Waals surface area contributed by atoms with E-state index in [4.69, 9.17) is 26.2 Å². The number of carboxylic acids is 2. The summed E-state index contributed by atoms with van der Waals surface area (Å²) >= 11 is 0. The highest BCUT2D eigenvalue weighted by Gasteiger charge is 2.29. The smallest absolute Gasteiger partial charge is 0.328 e. The van der Waals surface area contributed by atoms with Crippen molar-refractivity contribution in [3.05, 3.63) is 0 Å². The number of carbonyl (C=O) groups is 7. The summed E-state index contributed by atoms with van der Waals surface area (Å²) in [5.74, 6) is -7.12. The average Bonchev–Trinajstić information content (AvgIpc) is 2.83. The van der Waals surface area contributed by atoms with Gasteiger partial charge in [-0.3, -0.25) is 28.8 Å². The maximum absolute atomic E-state index is 12.5. The van der Waals surface area contributed by atoms with E-state index in [9.17, 15) is 33.6 Å². The van der Waals surface area contributed by atoms with Crippen molar-refractivity contribution >= 4 is 41.5 Å². The molecule has 6 atom stereocenters. The number of carboxylic acid groups (broad SMARTS) is 2. The minimum absolute atomic E-state index is 0.336. The maximum atomic E-state index is 12.5. The van der Waals surface area contributed by atoms with Crippen LogP contribution >= 0.6 is 0 Å². The molecule has 0 saturated carbocycles. The standard InChI is InChI=1S/C20H34N6O11/c1-8(15(31)23-10(3)17(33)26-13(7-28)20(36)37)22-16(32)9(2)24-19(35)12(4-5-14(29)30)25-18(34)11(21)6-27/h8-13,27-28H,4-7,21H2,1-3H3,(H,22,32)(H,23,31)(H,24,35)(H,25,34)(H,26,33)(H,29,30)(H,36,37)/t8-,9-,10-,11-,12-,13-/m0/s1. The van der Waals surface area contributed by atoms with Gasteiger partial charge in [-0.05, 0) is 27.2 Å². The molecule has 0 aromatic carbocycles. The van der Waals surface area contributed by atoms with Crippen LogP contribution in [0.15, 0.2) is 0 Å². The molecular formula is C20H34N6O11. The Hall–Kier alpha value is -3.83. The number of aliphatic carboxylic acids is 2. The lowest BCUT2D eigenvalue weighted by Gasteiger charge is -2.23. The first-order chi connectivity index (χ1) is 17.1. The zero-order chi connectivity index (χ0) is 28.9. The van der Waals surface area contributed by atoms with E-state index >= 15 is 0 Å². The number of carbonyl (C=O) groups excluding carboxylic acids is 5. The van der Waals surface area contributed by atoms with Crippen LogP contribution in [-0.4, -0.2) is 111 Å². The Morgan fingerprint density at radius 2 is 1.03 bits per heavy atom. The number of amides is 5. The van der Waals surface area contributed by atoms with E-state index in [-0.39, 0.29) is 6.42 Å². The molecule has 0 unspecified atom stereocenters. The first-order valence-corrected chi connectivity index (χ1v) is 11.1. The van der Waals surface area contributed by atoms with Gasteiger partial charge in [-0.15, -0.1) is 0 Å². The molecule has 210 valence electrons. The molecule has 37 heavy (non-hydrogen) atoms. The minimum Gasteiger partial charge on any atom is -0.481 e. The Bertz CT molecular complexity index is 868. The fourth-order valence-corrected chi connectivity index (χ4v) is 2.57. The van der Waals surface area contributed by atoms with Crippen molar-refractivity contribution in [2.45, 2.75) is 69.9 Å². The van der Waals surface area contributed by atoms with Crippen LogP contribution < -0.4 is 32.3 Å². The van der Waals surface area contributed by atoms with Gasteiger partial charge in [-0.25, -0.2) is 4.79 Å². The van der Waals surface area contributed by atoms with Crippen molar-refractivity contribution < 1.29 is 54.0 Å². The van der Waals surface area contributed by atoms with Crippen molar-refractivity contribution in [3.63, 3.8) is 0 Å². The number of nitrogens with one attached hydrogen (secondary N) is 5. The van der Waals surface area contributed by atoms with E-state index in [1.165, 1.54) is 20.8 Å². The fraction of sp³-hybridized carbons (Fsp3) is 0.650. The minimum atomic E-state index is -1.57. The lowest BCUT2D eigenvalue weighted by molar-refractivity contribution is -0.143. The van der Waals surface area contributed by atoms with Gasteiger partial charge in [-0.2, -0.15) is 0 Å². The highest BCUT2D eigenvalue weighted by molar-refractivity contribution is 5.96. The predicted molar refractivity (Wildman–Crippen MR) is 123 cm³/mol. The van der Waals surface area contributed by atoms with E-state index in [0.29, 0.717) is 0 Å². The molecule has 11 N–H and O–H groups in total. The summed E-state index contributed by atoms with van der Waals surface area (Å²) in [5, 5.41) is 46.7. The third kappa shape index (κ3) is 12.1. The summed E-state index contributed by atoms with van der Waals surface area (Å²) in [6.07, 6.45) is -0.834. The predicted octanol–water partition coefficient (Wildman–Crippen LogP) is -5.27. The number of hydrogen-bond donors (Lipinski definition) is 10. The van der Waals surface area contributed by atoms with Crippen LogP contribution in [0, 0.1) is 0 Å². The molecule has 0 heterocycles. The van der Waals surface area contributed by atoms with Gasteiger partial charge >= 0.3 is 11.9 Å². The Balaban J connectivity index is 5.01. The fourth-order valence-electron chi connectivity index (χ4n) is 2.57. The molecule has 5 amide bonds. The lowest BCUT2D eigenvalue weighted by Crippen LogP contribution is -2.58. The normalized spacial score (nSPS) is 15.5. The number of aliphatic hydroxyl groups excluding tert-OH is 2. The molecule has 0 spiro atoms. The first-order valence-electron chi connectivity index (χ1n) is 11.1. The highest BCUT2D eigenvalue weighted by atomic mass is 16.4. The largest absolute Gasteiger partial charge is 0.481 e. The summed E-state index contributed by atoms with van der Waals surface area (Å²) < 4.78 is 0. The summed E-state index contributed by atoms with van der Waals surface area (Å²) in [4.78, 5) is 82.9. The summed E-state index contributed by atoms with van der Waals surface area (Å²) in [6.45, 7) is 2.18. The Kier molecular flexibility index (Phi) is 14.4. The van der Waals surface area contributed by atoms with Gasteiger partial charge in [-0.1, -0.05) is 0 Å². The maximum Gasteiger partial charge on any atom is 0.328 e. The molecule has 0 aromatic heterocycles. The Labute approximate surface area is 211 Å². The third-order valence-corrected chi connectivity index (χ3v) is 4.87. The van der Waals surface area contributed by atoms with Gasteiger partial charge in [0, 0.05) is 6.42 Å². The van der Waals surface area contributed by atoms with Gasteiger partial charge < -0.3 is 52.7 Å². The van der Waals surface area contributed by atoms with Gasteiger partial charge in [0.05, 0.1) is 13.2 Å². The third-order valence-electron chi connectivity index (χ3n) is 4.87. The van der Waals surface area contributed by atoms with Crippen LogP contribution in [0.1, 0.15) is 33.6 Å². The van der Waals surface area contributed by atoms with Crippen LogP contribution in [0.25, 0.3) is 0 Å². The van der Waals surface area contributed by atoms with Crippen LogP contribution in [0.3, 0.4) is 0 Å². The Morgan fingerprint density at radius 3 is 1.41 bits per heavy atom. The molecule has 0 aliphatic carbocycles. The molecule has 0 aliphatic heterocycles. The second-order valence-electron chi connectivity index (χ2n) is 8.06. The molecular weight excluding hydrogens is 500 g/mol. The van der Waals surface area contributed by atoms with Crippen molar-refractivity contribution in [2.24, 2.45) is 5.73 Å². The zero-order valence-corrected chi connectivity index (χ0v) is 20.5. The van der Waals surface area contributed by atoms with Crippen LogP contribution in [0.2, 0.25) is 0 Å². The van der Waals surface area contributed by atoms with Crippen LogP contribution in [0.4, 0.5) is 0 Å². The number of rotatable bonds is 16. The second kappa shape index (κ2) is 16.0. The van der Waals surface area contributed by atoms with E-state index in [2.05, 4.69) is 21.3 Å². The van der Waals surface area contributed by atoms with Gasteiger partial charge in [0.1, 0.15) is 36.3 Å². The molecule has 17 heteroatoms. The second-order valence-corrected chi connectivity index (χ2v) is 8.06. The highest BCUT2D eigenvalue weighted by Crippen LogP contribution is 2.01. The lowest BCUT2D eigenvalue weighted by atomic mass is 10.1. The van der Waals surface area contributed by atoms with E-state index in [1.54, 1.807) is 0 Å². The van der Waals surface area contributed by atoms with E-state index in [1.807, 2.05) is 5.32 Å². The molecule has 0 saturated heterocycles. The topological polar surface area (TPSA) is 287 Å². The zero-order valence-electron chi connectivity index (χ0n) is 20.5. The van der Waals surface area contributed by atoms with Crippen LogP contribution in [0.5, 0.6) is 0 Å². The van der Waals surface area contributed by atoms with Crippen molar-refractivity contribution in [3.8, 4) is 0 Å². The van der Waals surface area contributed by atoms with Gasteiger partial charge in [0.2, 0.25) is 29.5 Å². The number of aliphatic hydroxyl groups is 2. The van der Waals surface area contributed by atoms with Gasteiger partial charge in [0.25, 0.3) is 0 Å².